The Hall–Kier alpha value is -2.71. The molecule has 0 aliphatic carbocycles. The molecule has 9 heteroatoms. The Balaban J connectivity index is 2.91. The lowest BCUT2D eigenvalue weighted by Crippen LogP contribution is -2.22. The zero-order chi connectivity index (χ0) is 16.2. The first kappa shape index (κ1) is 16.3. The molecule has 0 saturated heterocycles. The Labute approximate surface area is 116 Å². The molecule has 0 atom stereocenters. The average molecular weight is 305 g/mol. The standard InChI is InChI=1S/C12H10F3NO5/c13-12(14,15)6-2-1-3-7(4-6)21-5-8(16)9(10(17)18)11(19)20/h1-4H,5,16H2,(H,17,18)(H,19,20). The predicted octanol–water partition coefficient (Wildman–Crippen LogP) is 1.47. The van der Waals surface area contributed by atoms with E-state index in [-0.39, 0.29) is 5.75 Å². The molecule has 6 nitrogen and oxygen atoms in total. The van der Waals surface area contributed by atoms with Gasteiger partial charge in [-0.2, -0.15) is 13.2 Å². The van der Waals surface area contributed by atoms with E-state index in [4.69, 9.17) is 20.7 Å². The highest BCUT2D eigenvalue weighted by Gasteiger charge is 2.30. The topological polar surface area (TPSA) is 110 Å². The molecule has 1 rings (SSSR count). The van der Waals surface area contributed by atoms with Crippen molar-refractivity contribution < 1.29 is 37.7 Å². The van der Waals surface area contributed by atoms with Crippen molar-refractivity contribution in [1.29, 1.82) is 0 Å². The maximum Gasteiger partial charge on any atom is 0.416 e. The highest BCUT2D eigenvalue weighted by atomic mass is 19.4. The van der Waals surface area contributed by atoms with Crippen molar-refractivity contribution in [1.82, 2.24) is 0 Å². The number of aliphatic carboxylic acids is 2. The number of hydrogen-bond acceptors (Lipinski definition) is 4. The Morgan fingerprint density at radius 2 is 1.76 bits per heavy atom. The van der Waals surface area contributed by atoms with E-state index >= 15 is 0 Å². The number of carboxylic acid groups (broad SMARTS) is 2. The molecule has 0 amide bonds. The molecule has 0 bridgehead atoms. The second-order valence-electron chi connectivity index (χ2n) is 3.82. The van der Waals surface area contributed by atoms with Gasteiger partial charge in [-0.05, 0) is 18.2 Å². The lowest BCUT2D eigenvalue weighted by Gasteiger charge is -2.11. The lowest BCUT2D eigenvalue weighted by molar-refractivity contribution is -0.140. The van der Waals surface area contributed by atoms with Gasteiger partial charge in [-0.3, -0.25) is 0 Å². The Morgan fingerprint density at radius 3 is 2.24 bits per heavy atom. The first-order valence-corrected chi connectivity index (χ1v) is 5.38. The summed E-state index contributed by atoms with van der Waals surface area (Å²) in [6.45, 7) is -0.671. The zero-order valence-electron chi connectivity index (χ0n) is 10.3. The third kappa shape index (κ3) is 4.41. The maximum atomic E-state index is 12.5. The average Bonchev–Trinajstić information content (AvgIpc) is 2.35. The van der Waals surface area contributed by atoms with Crippen LogP contribution in [0.5, 0.6) is 5.75 Å². The highest BCUT2D eigenvalue weighted by Crippen LogP contribution is 2.31. The fourth-order valence-electron chi connectivity index (χ4n) is 1.36. The normalized spacial score (nSPS) is 10.8. The summed E-state index contributed by atoms with van der Waals surface area (Å²) in [5.41, 5.74) is 2.59. The molecule has 0 aliphatic heterocycles. The van der Waals surface area contributed by atoms with Gasteiger partial charge in [0.25, 0.3) is 0 Å². The van der Waals surface area contributed by atoms with E-state index in [0.29, 0.717) is 6.07 Å². The van der Waals surface area contributed by atoms with Gasteiger partial charge in [0.2, 0.25) is 0 Å². The van der Waals surface area contributed by atoms with Crippen LogP contribution in [0.4, 0.5) is 13.2 Å². The minimum absolute atomic E-state index is 0.220. The molecule has 0 aromatic heterocycles. The molecule has 0 aliphatic rings. The molecule has 4 N–H and O–H groups in total. The SMILES string of the molecule is NC(COc1cccc(C(F)(F)F)c1)=C(C(=O)O)C(=O)O. The van der Waals surface area contributed by atoms with E-state index in [1.165, 1.54) is 6.07 Å². The van der Waals surface area contributed by atoms with Gasteiger partial charge >= 0.3 is 18.1 Å². The lowest BCUT2D eigenvalue weighted by atomic mass is 10.2. The molecule has 21 heavy (non-hydrogen) atoms. The summed E-state index contributed by atoms with van der Waals surface area (Å²) in [5, 5.41) is 17.3. The van der Waals surface area contributed by atoms with Crippen molar-refractivity contribution >= 4 is 11.9 Å². The molecule has 114 valence electrons. The van der Waals surface area contributed by atoms with Gasteiger partial charge in [0, 0.05) is 0 Å². The van der Waals surface area contributed by atoms with Gasteiger partial charge in [0.1, 0.15) is 12.4 Å². The molecule has 0 heterocycles. The monoisotopic (exact) mass is 305 g/mol. The Kier molecular flexibility index (Phi) is 4.79. The van der Waals surface area contributed by atoms with E-state index < -0.39 is 41.6 Å². The number of alkyl halides is 3. The molecular formula is C12H10F3NO5. The van der Waals surface area contributed by atoms with Crippen LogP contribution in [-0.4, -0.2) is 28.8 Å². The van der Waals surface area contributed by atoms with Gasteiger partial charge in [-0.1, -0.05) is 6.07 Å². The van der Waals surface area contributed by atoms with E-state index in [9.17, 15) is 22.8 Å². The number of benzene rings is 1. The second-order valence-corrected chi connectivity index (χ2v) is 3.82. The summed E-state index contributed by atoms with van der Waals surface area (Å²) < 4.78 is 42.3. The molecule has 0 unspecified atom stereocenters. The van der Waals surface area contributed by atoms with Crippen LogP contribution < -0.4 is 10.5 Å². The molecule has 0 spiro atoms. The molecule has 0 saturated carbocycles. The molecule has 1 aromatic carbocycles. The van der Waals surface area contributed by atoms with Gasteiger partial charge in [0.05, 0.1) is 11.3 Å². The zero-order valence-corrected chi connectivity index (χ0v) is 10.3. The fraction of sp³-hybridized carbons (Fsp3) is 0.167. The molecule has 1 aromatic rings. The van der Waals surface area contributed by atoms with Crippen molar-refractivity contribution in [2.45, 2.75) is 6.18 Å². The van der Waals surface area contributed by atoms with Gasteiger partial charge in [0.15, 0.2) is 5.57 Å². The third-order valence-electron chi connectivity index (χ3n) is 2.30. The summed E-state index contributed by atoms with van der Waals surface area (Å²) in [7, 11) is 0. The minimum atomic E-state index is -4.56. The predicted molar refractivity (Wildman–Crippen MR) is 63.4 cm³/mol. The number of hydrogen-bond donors (Lipinski definition) is 3. The highest BCUT2D eigenvalue weighted by molar-refractivity contribution is 6.13. The van der Waals surface area contributed by atoms with E-state index in [1.807, 2.05) is 0 Å². The first-order valence-electron chi connectivity index (χ1n) is 5.38. The van der Waals surface area contributed by atoms with Crippen LogP contribution in [0.25, 0.3) is 0 Å². The third-order valence-corrected chi connectivity index (χ3v) is 2.30. The van der Waals surface area contributed by atoms with Crippen molar-refractivity contribution in [3.63, 3.8) is 0 Å². The molecule has 0 fully saturated rings. The van der Waals surface area contributed by atoms with Crippen molar-refractivity contribution in [2.75, 3.05) is 6.61 Å². The van der Waals surface area contributed by atoms with E-state index in [2.05, 4.69) is 0 Å². The number of carbonyl (C=O) groups is 2. The minimum Gasteiger partial charge on any atom is -0.487 e. The largest absolute Gasteiger partial charge is 0.487 e. The van der Waals surface area contributed by atoms with Gasteiger partial charge in [-0.25, -0.2) is 9.59 Å². The van der Waals surface area contributed by atoms with Crippen molar-refractivity contribution in [2.24, 2.45) is 5.73 Å². The number of rotatable bonds is 5. The number of nitrogens with two attached hydrogens (primary N) is 1. The summed E-state index contributed by atoms with van der Waals surface area (Å²) >= 11 is 0. The van der Waals surface area contributed by atoms with Crippen LogP contribution in [0, 0.1) is 0 Å². The smallest absolute Gasteiger partial charge is 0.416 e. The fourth-order valence-corrected chi connectivity index (χ4v) is 1.36. The van der Waals surface area contributed by atoms with E-state index in [1.54, 1.807) is 0 Å². The van der Waals surface area contributed by atoms with Crippen LogP contribution in [0.2, 0.25) is 0 Å². The van der Waals surface area contributed by atoms with Crippen LogP contribution in [0.15, 0.2) is 35.5 Å². The van der Waals surface area contributed by atoms with Crippen LogP contribution in [-0.2, 0) is 15.8 Å². The van der Waals surface area contributed by atoms with Gasteiger partial charge in [-0.15, -0.1) is 0 Å². The van der Waals surface area contributed by atoms with Gasteiger partial charge < -0.3 is 20.7 Å². The summed E-state index contributed by atoms with van der Waals surface area (Å²) in [6, 6.07) is 3.80. The number of ether oxygens (including phenoxy) is 1. The summed E-state index contributed by atoms with van der Waals surface area (Å²) in [5.74, 6) is -3.76. The Morgan fingerprint density at radius 1 is 1.19 bits per heavy atom. The summed E-state index contributed by atoms with van der Waals surface area (Å²) in [4.78, 5) is 21.3. The second kappa shape index (κ2) is 6.16. The maximum absolute atomic E-state index is 12.5. The van der Waals surface area contributed by atoms with Crippen molar-refractivity contribution in [3.8, 4) is 5.75 Å². The van der Waals surface area contributed by atoms with Crippen LogP contribution >= 0.6 is 0 Å². The quantitative estimate of drug-likeness (QED) is 0.431. The van der Waals surface area contributed by atoms with Crippen LogP contribution in [0.3, 0.4) is 0 Å². The van der Waals surface area contributed by atoms with E-state index in [0.717, 1.165) is 12.1 Å². The first-order chi connectivity index (χ1) is 9.62. The number of carboxylic acids is 2. The summed E-state index contributed by atoms with van der Waals surface area (Å²) in [6.07, 6.45) is -4.56. The van der Waals surface area contributed by atoms with Crippen LogP contribution in [0.1, 0.15) is 5.56 Å². The van der Waals surface area contributed by atoms with Crippen molar-refractivity contribution in [3.05, 3.63) is 41.1 Å². The number of halogens is 3. The Bertz CT molecular complexity index is 579. The molecular weight excluding hydrogens is 295 g/mol. The molecule has 0 radical (unpaired) electrons.